The highest BCUT2D eigenvalue weighted by atomic mass is 32.1. The Kier molecular flexibility index (Phi) is 15.2. The number of carbonyl (C=O) groups is 2. The monoisotopic (exact) mass is 1140 g/mol. The lowest BCUT2D eigenvalue weighted by atomic mass is 9.53. The van der Waals surface area contributed by atoms with Gasteiger partial charge in [-0.15, -0.1) is 22.7 Å². The van der Waals surface area contributed by atoms with Crippen LogP contribution < -0.4 is 26.6 Å². The highest BCUT2D eigenvalue weighted by Crippen LogP contribution is 2.59. The van der Waals surface area contributed by atoms with Gasteiger partial charge in [-0.2, -0.15) is 0 Å². The minimum atomic E-state index is -0.210. The van der Waals surface area contributed by atoms with Gasteiger partial charge in [-0.05, 0) is 286 Å². The van der Waals surface area contributed by atoms with Gasteiger partial charge in [0, 0.05) is 77.7 Å². The van der Waals surface area contributed by atoms with E-state index in [-0.39, 0.29) is 29.6 Å². The van der Waals surface area contributed by atoms with Crippen LogP contribution in [0.1, 0.15) is 203 Å². The van der Waals surface area contributed by atoms with Gasteiger partial charge >= 0.3 is 0 Å². The van der Waals surface area contributed by atoms with Crippen molar-refractivity contribution in [2.45, 2.75) is 233 Å². The van der Waals surface area contributed by atoms with Gasteiger partial charge in [0.05, 0.1) is 16.7 Å². The third kappa shape index (κ3) is 12.1. The Bertz CT molecular complexity index is 2560. The molecular weight excluding hydrogens is 1040 g/mol. The minimum absolute atomic E-state index is 0.00389. The van der Waals surface area contributed by atoms with E-state index in [0.717, 1.165) is 127 Å². The Labute approximate surface area is 492 Å². The summed E-state index contributed by atoms with van der Waals surface area (Å²) < 4.78 is 0. The Balaban J connectivity index is 0.0000000930. The van der Waals surface area contributed by atoms with E-state index in [1.54, 1.807) is 28.7 Å². The fourth-order valence-electron chi connectivity index (χ4n) is 22.8. The topological polar surface area (TPSA) is 148 Å². The zero-order valence-corrected chi connectivity index (χ0v) is 50.4. The predicted molar refractivity (Wildman–Crippen MR) is 325 cm³/mol. The van der Waals surface area contributed by atoms with Crippen LogP contribution in [-0.4, -0.2) is 88.9 Å². The summed E-state index contributed by atoms with van der Waals surface area (Å²) in [6.45, 7) is 3.82. The van der Waals surface area contributed by atoms with Gasteiger partial charge in [-0.3, -0.25) is 19.9 Å². The summed E-state index contributed by atoms with van der Waals surface area (Å²) in [5, 5.41) is 38.5. The number of hydrogen-bond acceptors (Lipinski definition) is 12. The van der Waals surface area contributed by atoms with E-state index >= 15 is 0 Å². The summed E-state index contributed by atoms with van der Waals surface area (Å²) in [5.74, 6) is 12.4. The van der Waals surface area contributed by atoms with Gasteiger partial charge in [-0.1, -0.05) is 17.3 Å². The van der Waals surface area contributed by atoms with E-state index in [2.05, 4.69) is 60.0 Å². The molecule has 11 nitrogen and oxygen atoms in total. The summed E-state index contributed by atoms with van der Waals surface area (Å²) in [6.07, 6.45) is 43.7. The van der Waals surface area contributed by atoms with Gasteiger partial charge in [-0.25, -0.2) is 0 Å². The van der Waals surface area contributed by atoms with Gasteiger partial charge < -0.3 is 31.2 Å². The molecule has 2 aromatic heterocycles. The van der Waals surface area contributed by atoms with E-state index in [0.29, 0.717) is 29.6 Å². The number of carbonyl (C=O) groups excluding carboxylic acids is 2. The number of fused-ring (bicyclic) bond motifs is 1. The summed E-state index contributed by atoms with van der Waals surface area (Å²) in [4.78, 5) is 34.7. The molecular formula is C68H97N7O4S2. The molecule has 2 amide bonds. The van der Waals surface area contributed by atoms with Crippen LogP contribution in [0.5, 0.6) is 0 Å². The molecule has 5 heterocycles. The van der Waals surface area contributed by atoms with Gasteiger partial charge in [0.25, 0.3) is 5.91 Å². The lowest BCUT2D eigenvalue weighted by Crippen LogP contribution is -2.59. The predicted octanol–water partition coefficient (Wildman–Crippen LogP) is 12.3. The van der Waals surface area contributed by atoms with Crippen molar-refractivity contribution in [3.8, 4) is 0 Å². The number of aliphatic imine (C=N–C) groups is 1. The van der Waals surface area contributed by atoms with Crippen LogP contribution in [0.2, 0.25) is 0 Å². The smallest absolute Gasteiger partial charge is 0.254 e. The number of nitrogens with one attached hydrogen (secondary N) is 5. The van der Waals surface area contributed by atoms with Crippen molar-refractivity contribution in [2.75, 3.05) is 26.2 Å². The van der Waals surface area contributed by atoms with E-state index in [1.165, 1.54) is 195 Å². The molecule has 0 spiro atoms. The summed E-state index contributed by atoms with van der Waals surface area (Å²) >= 11 is 3.54. The zero-order valence-electron chi connectivity index (χ0n) is 48.8. The maximum absolute atomic E-state index is 11.8. The molecule has 13 heteroatoms. The second kappa shape index (κ2) is 22.5. The maximum atomic E-state index is 11.8. The molecule has 0 aromatic carbocycles. The number of imide groups is 1. The third-order valence-electron chi connectivity index (χ3n) is 24.8. The van der Waals surface area contributed by atoms with E-state index < -0.39 is 0 Å². The van der Waals surface area contributed by atoms with Crippen LogP contribution in [0.25, 0.3) is 0 Å². The number of nitrogens with zero attached hydrogens (tertiary/aromatic N) is 2. The largest absolute Gasteiger partial charge is 0.393 e. The Morgan fingerprint density at radius 1 is 0.593 bits per heavy atom. The molecule has 3 aliphatic heterocycles. The number of oxime groups is 1. The first-order valence-corrected chi connectivity index (χ1v) is 35.3. The standard InChI is InChI=1S/C18H24N2OS.C17H22N2S.C17H29NO.C16H22N2O2/c1-2-17(22-3-1)16-7-15(21-20-16)11-19-18-8-12-4-13(9-18)6-14(5-12)10-18;1-11-2-13-3-12(1)6-17(5-11,7-13)18-8-15-4-14-9-20-10-16(14)19-15;19-16-3-1-12(2-4-16)11-18-17-8-13-5-14(9-17)7-15(6-13)10-17;19-14-2-1-13(15(20)18-14)9-17-16-6-10-3-11(7-16)5-12(4-10)8-16/h1-3,12-15,19H,4-11H2;9-13,18H,1-8H2;12-16,18-19H,1-11H2;1,10-12,17H,2-9H2,(H,18,19,20). The molecule has 22 rings (SSSR count). The van der Waals surface area contributed by atoms with Crippen LogP contribution in [0.4, 0.5) is 5.69 Å². The molecule has 16 bridgehead atoms. The third-order valence-corrected chi connectivity index (χ3v) is 26.5. The molecule has 17 aliphatic carbocycles. The molecule has 17 saturated carbocycles. The van der Waals surface area contributed by atoms with Crippen molar-refractivity contribution in [1.29, 1.82) is 0 Å². The quantitative estimate of drug-likeness (QED) is 0.109. The molecule has 2 aromatic rings. The Morgan fingerprint density at radius 3 is 1.52 bits per heavy atom. The maximum Gasteiger partial charge on any atom is 0.254 e. The Morgan fingerprint density at radius 2 is 1.06 bits per heavy atom. The number of amides is 2. The van der Waals surface area contributed by atoms with E-state index in [9.17, 15) is 14.7 Å². The molecule has 20 aliphatic rings. The molecule has 1 unspecified atom stereocenters. The SMILES string of the molecule is O=C1CC=C(CNC23CC4CC(CC(C4)C2)C3)C(=O)N1.OC1CCC(CNC23CC4CC(CC(C4)C2)C3)CC1.c1csc(C2=NOC(CNC34CC5CC(CC(C5)C3)C4)C2)c1.c1scc2c1CC(CNC13CC4CC(CC(C4)C1)C3)=N2. The fraction of sp³-hybridized carbons (Fsp3) is 0.794. The van der Waals surface area contributed by atoms with Crippen LogP contribution in [0, 0.1) is 76.9 Å². The molecule has 440 valence electrons. The van der Waals surface area contributed by atoms with Crippen molar-refractivity contribution in [1.82, 2.24) is 26.6 Å². The van der Waals surface area contributed by atoms with Crippen molar-refractivity contribution in [2.24, 2.45) is 87.1 Å². The first-order valence-electron chi connectivity index (χ1n) is 33.5. The highest BCUT2D eigenvalue weighted by Gasteiger charge is 2.54. The van der Waals surface area contributed by atoms with Crippen molar-refractivity contribution < 1.29 is 19.5 Å². The highest BCUT2D eigenvalue weighted by molar-refractivity contribution is 7.12. The summed E-state index contributed by atoms with van der Waals surface area (Å²) in [6, 6.07) is 4.23. The molecule has 81 heavy (non-hydrogen) atoms. The second-order valence-electron chi connectivity index (χ2n) is 31.3. The number of hydrogen-bond donors (Lipinski definition) is 6. The number of thiophene rings is 2. The van der Waals surface area contributed by atoms with E-state index in [1.807, 2.05) is 0 Å². The number of rotatable bonds is 13. The van der Waals surface area contributed by atoms with Crippen LogP contribution >= 0.6 is 22.7 Å². The second-order valence-corrected chi connectivity index (χ2v) is 33.0. The number of aliphatic hydroxyl groups is 1. The van der Waals surface area contributed by atoms with E-state index in [4.69, 9.17) is 9.83 Å². The van der Waals surface area contributed by atoms with Gasteiger partial charge in [0.1, 0.15) is 11.8 Å². The first kappa shape index (κ1) is 54.8. The molecule has 0 radical (unpaired) electrons. The summed E-state index contributed by atoms with van der Waals surface area (Å²) in [5.41, 5.74) is 7.62. The Hall–Kier alpha value is -2.78. The first-order chi connectivity index (χ1) is 39.4. The average molecular weight is 1140 g/mol. The van der Waals surface area contributed by atoms with Crippen LogP contribution in [0.15, 0.2) is 50.1 Å². The molecule has 6 N–H and O–H groups in total. The van der Waals surface area contributed by atoms with Gasteiger partial charge in [0.15, 0.2) is 0 Å². The number of aliphatic hydroxyl groups excluding tert-OH is 1. The van der Waals surface area contributed by atoms with Crippen LogP contribution in [-0.2, 0) is 20.8 Å². The lowest BCUT2D eigenvalue weighted by molar-refractivity contribution is -0.128. The van der Waals surface area contributed by atoms with Crippen LogP contribution in [0.3, 0.4) is 0 Å². The minimum Gasteiger partial charge on any atom is -0.393 e. The summed E-state index contributed by atoms with van der Waals surface area (Å²) in [7, 11) is 0. The molecule has 1 atom stereocenters. The van der Waals surface area contributed by atoms with Crippen molar-refractivity contribution in [3.05, 3.63) is 50.4 Å². The zero-order chi connectivity index (χ0) is 54.3. The lowest BCUT2D eigenvalue weighted by Gasteiger charge is -2.57. The molecule has 0 saturated heterocycles. The van der Waals surface area contributed by atoms with Gasteiger partial charge in [0.2, 0.25) is 5.91 Å². The van der Waals surface area contributed by atoms with Crippen molar-refractivity contribution in [3.63, 3.8) is 0 Å². The van der Waals surface area contributed by atoms with Crippen molar-refractivity contribution >= 4 is 51.6 Å². The normalized spacial score (nSPS) is 44.5. The average Bonchev–Trinajstić information content (AvgIpc) is 4.47. The fourth-order valence-corrected chi connectivity index (χ4v) is 24.3. The molecule has 17 fully saturated rings.